The number of halogens is 3. The highest BCUT2D eigenvalue weighted by atomic mass is 19.4. The number of rotatable bonds is 3. The van der Waals surface area contributed by atoms with Gasteiger partial charge in [0.1, 0.15) is 6.61 Å². The summed E-state index contributed by atoms with van der Waals surface area (Å²) >= 11 is 0. The highest BCUT2D eigenvalue weighted by Crippen LogP contribution is 2.36. The summed E-state index contributed by atoms with van der Waals surface area (Å²) in [4.78, 5) is 14.0. The molecule has 0 spiro atoms. The fraction of sp³-hybridized carbons (Fsp3) is 0.318. The van der Waals surface area contributed by atoms with Crippen LogP contribution < -0.4 is 5.73 Å². The molecule has 0 saturated carbocycles. The SMILES string of the molecule is Nc1cc(C(F)(F)F)cc2c1ccn2C1CCN(C(=O)OCc2ccccc2)CC1. The molecule has 0 bridgehead atoms. The van der Waals surface area contributed by atoms with Gasteiger partial charge in [0.15, 0.2) is 0 Å². The van der Waals surface area contributed by atoms with Crippen molar-refractivity contribution < 1.29 is 22.7 Å². The van der Waals surface area contributed by atoms with Crippen LogP contribution in [0.4, 0.5) is 23.7 Å². The predicted molar refractivity (Wildman–Crippen MR) is 108 cm³/mol. The number of hydrogen-bond donors (Lipinski definition) is 1. The van der Waals surface area contributed by atoms with Crippen molar-refractivity contribution in [1.29, 1.82) is 0 Å². The van der Waals surface area contributed by atoms with Crippen molar-refractivity contribution >= 4 is 22.7 Å². The zero-order chi connectivity index (χ0) is 21.3. The first-order valence-corrected chi connectivity index (χ1v) is 9.76. The molecule has 1 saturated heterocycles. The van der Waals surface area contributed by atoms with E-state index in [2.05, 4.69) is 0 Å². The number of fused-ring (bicyclic) bond motifs is 1. The fourth-order valence-corrected chi connectivity index (χ4v) is 3.91. The molecule has 2 heterocycles. The quantitative estimate of drug-likeness (QED) is 0.595. The van der Waals surface area contributed by atoms with E-state index in [1.54, 1.807) is 17.2 Å². The summed E-state index contributed by atoms with van der Waals surface area (Å²) < 4.78 is 46.8. The number of nitrogen functional groups attached to an aromatic ring is 1. The minimum Gasteiger partial charge on any atom is -0.445 e. The second-order valence-electron chi connectivity index (χ2n) is 7.48. The highest BCUT2D eigenvalue weighted by molar-refractivity contribution is 5.92. The van der Waals surface area contributed by atoms with E-state index in [1.165, 1.54) is 0 Å². The summed E-state index contributed by atoms with van der Waals surface area (Å²) in [6.07, 6.45) is -1.81. The van der Waals surface area contributed by atoms with Crippen molar-refractivity contribution in [2.24, 2.45) is 0 Å². The number of hydrogen-bond acceptors (Lipinski definition) is 3. The maximum atomic E-state index is 13.2. The molecule has 0 atom stereocenters. The van der Waals surface area contributed by atoms with Crippen molar-refractivity contribution in [3.63, 3.8) is 0 Å². The lowest BCUT2D eigenvalue weighted by Gasteiger charge is -2.32. The molecule has 1 aliphatic rings. The number of nitrogens with two attached hydrogens (primary N) is 1. The Hall–Kier alpha value is -3.16. The van der Waals surface area contributed by atoms with Crippen molar-refractivity contribution in [2.45, 2.75) is 31.7 Å². The number of benzene rings is 2. The lowest BCUT2D eigenvalue weighted by Crippen LogP contribution is -2.39. The van der Waals surface area contributed by atoms with Gasteiger partial charge in [0.05, 0.1) is 11.1 Å². The lowest BCUT2D eigenvalue weighted by molar-refractivity contribution is -0.137. The van der Waals surface area contributed by atoms with Gasteiger partial charge in [-0.05, 0) is 36.6 Å². The average molecular weight is 417 g/mol. The Balaban J connectivity index is 1.43. The second-order valence-corrected chi connectivity index (χ2v) is 7.48. The molecule has 158 valence electrons. The normalized spacial score (nSPS) is 15.5. The molecule has 0 radical (unpaired) electrons. The van der Waals surface area contributed by atoms with Crippen molar-refractivity contribution in [3.05, 3.63) is 65.9 Å². The molecule has 1 amide bonds. The Morgan fingerprint density at radius 1 is 1.10 bits per heavy atom. The van der Waals surface area contributed by atoms with Crippen LogP contribution in [0.25, 0.3) is 10.9 Å². The lowest BCUT2D eigenvalue weighted by atomic mass is 10.0. The Bertz CT molecular complexity index is 1040. The zero-order valence-corrected chi connectivity index (χ0v) is 16.2. The van der Waals surface area contributed by atoms with E-state index in [0.29, 0.717) is 36.8 Å². The van der Waals surface area contributed by atoms with E-state index in [0.717, 1.165) is 17.7 Å². The summed E-state index contributed by atoms with van der Waals surface area (Å²) in [5.74, 6) is 0. The van der Waals surface area contributed by atoms with Gasteiger partial charge in [0.25, 0.3) is 0 Å². The number of carbonyl (C=O) groups excluding carboxylic acids is 1. The van der Waals surface area contributed by atoms with Crippen LogP contribution in [-0.4, -0.2) is 28.6 Å². The molecule has 5 nitrogen and oxygen atoms in total. The monoisotopic (exact) mass is 417 g/mol. The molecular formula is C22H22F3N3O2. The molecule has 3 aromatic rings. The first-order valence-electron chi connectivity index (χ1n) is 9.76. The molecule has 1 fully saturated rings. The Labute approximate surface area is 171 Å². The number of alkyl halides is 3. The number of amides is 1. The van der Waals surface area contributed by atoms with E-state index in [4.69, 9.17) is 10.5 Å². The third-order valence-electron chi connectivity index (χ3n) is 5.52. The van der Waals surface area contributed by atoms with Crippen LogP contribution in [0.3, 0.4) is 0 Å². The van der Waals surface area contributed by atoms with Crippen molar-refractivity contribution in [1.82, 2.24) is 9.47 Å². The number of aromatic nitrogens is 1. The molecule has 2 aromatic carbocycles. The number of likely N-dealkylation sites (tertiary alicyclic amines) is 1. The first kappa shape index (κ1) is 20.1. The van der Waals surface area contributed by atoms with Gasteiger partial charge < -0.3 is 19.9 Å². The summed E-state index contributed by atoms with van der Waals surface area (Å²) in [7, 11) is 0. The van der Waals surface area contributed by atoms with Gasteiger partial charge in [0.2, 0.25) is 0 Å². The Morgan fingerprint density at radius 3 is 2.47 bits per heavy atom. The van der Waals surface area contributed by atoms with Crippen LogP contribution >= 0.6 is 0 Å². The first-order chi connectivity index (χ1) is 14.3. The third kappa shape index (κ3) is 4.08. The number of nitrogens with zero attached hydrogens (tertiary/aromatic N) is 2. The third-order valence-corrected chi connectivity index (χ3v) is 5.52. The maximum Gasteiger partial charge on any atom is 0.416 e. The van der Waals surface area contributed by atoms with E-state index in [1.807, 2.05) is 34.9 Å². The van der Waals surface area contributed by atoms with Gasteiger partial charge in [-0.3, -0.25) is 0 Å². The van der Waals surface area contributed by atoms with E-state index < -0.39 is 11.7 Å². The summed E-state index contributed by atoms with van der Waals surface area (Å²) in [6, 6.07) is 13.3. The van der Waals surface area contributed by atoms with Gasteiger partial charge in [-0.25, -0.2) is 4.79 Å². The highest BCUT2D eigenvalue weighted by Gasteiger charge is 2.32. The van der Waals surface area contributed by atoms with Crippen LogP contribution in [-0.2, 0) is 17.5 Å². The van der Waals surface area contributed by atoms with Crippen LogP contribution in [0.15, 0.2) is 54.7 Å². The van der Waals surface area contributed by atoms with E-state index >= 15 is 0 Å². The van der Waals surface area contributed by atoms with Crippen molar-refractivity contribution in [2.75, 3.05) is 18.8 Å². The molecule has 1 aromatic heterocycles. The largest absolute Gasteiger partial charge is 0.445 e. The molecular weight excluding hydrogens is 395 g/mol. The fourth-order valence-electron chi connectivity index (χ4n) is 3.91. The maximum absolute atomic E-state index is 13.2. The predicted octanol–water partition coefficient (Wildman–Crippen LogP) is 5.22. The summed E-state index contributed by atoms with van der Waals surface area (Å²) in [6.45, 7) is 1.17. The number of anilines is 1. The molecule has 0 unspecified atom stereocenters. The zero-order valence-electron chi connectivity index (χ0n) is 16.2. The summed E-state index contributed by atoms with van der Waals surface area (Å²) in [5.41, 5.74) is 6.59. The van der Waals surface area contributed by atoms with Crippen LogP contribution in [0.5, 0.6) is 0 Å². The minimum absolute atomic E-state index is 0.0106. The van der Waals surface area contributed by atoms with Gasteiger partial charge in [-0.1, -0.05) is 30.3 Å². The smallest absolute Gasteiger partial charge is 0.416 e. The standard InChI is InChI=1S/C22H22F3N3O2/c23-22(24,25)16-12-19(26)18-8-11-28(20(18)13-16)17-6-9-27(10-7-17)21(29)30-14-15-4-2-1-3-5-15/h1-5,8,11-13,17H,6-7,9-10,14,26H2. The number of ether oxygens (including phenoxy) is 1. The molecule has 0 aliphatic carbocycles. The Kier molecular flexibility index (Phi) is 5.32. The Morgan fingerprint density at radius 2 is 1.80 bits per heavy atom. The van der Waals surface area contributed by atoms with Crippen LogP contribution in [0, 0.1) is 0 Å². The molecule has 1 aliphatic heterocycles. The number of piperidine rings is 1. The van der Waals surface area contributed by atoms with E-state index in [9.17, 15) is 18.0 Å². The minimum atomic E-state index is -4.46. The van der Waals surface area contributed by atoms with E-state index in [-0.39, 0.29) is 24.4 Å². The van der Waals surface area contributed by atoms with Crippen molar-refractivity contribution in [3.8, 4) is 0 Å². The average Bonchev–Trinajstić information content (AvgIpc) is 3.17. The topological polar surface area (TPSA) is 60.5 Å². The van der Waals surface area contributed by atoms with Gasteiger partial charge in [-0.2, -0.15) is 13.2 Å². The van der Waals surface area contributed by atoms with Gasteiger partial charge in [-0.15, -0.1) is 0 Å². The molecule has 30 heavy (non-hydrogen) atoms. The summed E-state index contributed by atoms with van der Waals surface area (Å²) in [5, 5.41) is 0.604. The number of carbonyl (C=O) groups is 1. The van der Waals surface area contributed by atoms with Crippen LogP contribution in [0.2, 0.25) is 0 Å². The van der Waals surface area contributed by atoms with Crippen LogP contribution in [0.1, 0.15) is 30.0 Å². The second kappa shape index (κ2) is 7.93. The van der Waals surface area contributed by atoms with Gasteiger partial charge in [0, 0.05) is 36.4 Å². The molecule has 8 heteroatoms. The molecule has 2 N–H and O–H groups in total. The molecule has 4 rings (SSSR count). The van der Waals surface area contributed by atoms with Gasteiger partial charge >= 0.3 is 12.3 Å².